The van der Waals surface area contributed by atoms with Crippen molar-refractivity contribution in [2.24, 2.45) is 0 Å². The summed E-state index contributed by atoms with van der Waals surface area (Å²) >= 11 is 0. The van der Waals surface area contributed by atoms with Crippen LogP contribution in [0.4, 0.5) is 0 Å². The van der Waals surface area contributed by atoms with Crippen LogP contribution in [0, 0.1) is 0 Å². The zero-order chi connectivity index (χ0) is 5.11. The quantitative estimate of drug-likeness (QED) is 0.504. The number of hydrogen-bond acceptors (Lipinski definition) is 1. The normalized spacial score (nSPS) is 5.45. The van der Waals surface area contributed by atoms with Crippen LogP contribution < -0.4 is 37.2 Å². The van der Waals surface area contributed by atoms with Gasteiger partial charge in [0.2, 0.25) is 0 Å². The Morgan fingerprint density at radius 3 is 1.36 bits per heavy atom. The molecule has 0 aliphatic rings. The van der Waals surface area contributed by atoms with E-state index in [0.717, 1.165) is 0 Å². The van der Waals surface area contributed by atoms with E-state index in [1.54, 1.807) is 24.3 Å². The molecule has 1 aromatic carbocycles. The summed E-state index contributed by atoms with van der Waals surface area (Å²) in [6.07, 6.45) is 0. The first-order valence-electron chi connectivity index (χ1n) is 2.13. The van der Waals surface area contributed by atoms with Gasteiger partial charge in [-0.1, -0.05) is 18.2 Å². The van der Waals surface area contributed by atoms with Crippen molar-refractivity contribution in [1.29, 1.82) is 0 Å². The van der Waals surface area contributed by atoms with Crippen molar-refractivity contribution in [3.8, 4) is 5.75 Å². The first kappa shape index (κ1) is 22.6. The van der Waals surface area contributed by atoms with E-state index in [1.165, 1.54) is 0 Å². The molecule has 1 nitrogen and oxygen atoms in total. The SMILES string of the molecule is Oc1ccccc1.[Cl-].[Cl-].[Cl-].[Zr+3]. The topological polar surface area (TPSA) is 20.2 Å². The fourth-order valence-electron chi connectivity index (χ4n) is 0.428. The minimum absolute atomic E-state index is 0. The van der Waals surface area contributed by atoms with Crippen LogP contribution in [-0.4, -0.2) is 5.11 Å². The van der Waals surface area contributed by atoms with Gasteiger partial charge in [-0.25, -0.2) is 0 Å². The summed E-state index contributed by atoms with van der Waals surface area (Å²) in [5.41, 5.74) is 0. The molecule has 0 unspecified atom stereocenters. The molecule has 1 aromatic rings. The third-order valence-corrected chi connectivity index (χ3v) is 0.756. The zero-order valence-electron chi connectivity index (χ0n) is 5.47. The summed E-state index contributed by atoms with van der Waals surface area (Å²) in [6.45, 7) is 0. The first-order chi connectivity index (χ1) is 3.39. The number of phenols is 1. The first-order valence-corrected chi connectivity index (χ1v) is 2.13. The number of phenolic OH excluding ortho intramolecular Hbond substituents is 1. The van der Waals surface area contributed by atoms with Crippen molar-refractivity contribution < 1.29 is 68.5 Å². The molecule has 1 rings (SSSR count). The Labute approximate surface area is 104 Å². The molecule has 0 spiro atoms. The number of para-hydroxylation sites is 1. The van der Waals surface area contributed by atoms with Crippen LogP contribution in [-0.2, 0) is 26.2 Å². The average molecular weight is 292 g/mol. The minimum Gasteiger partial charge on any atom is -1.00 e. The summed E-state index contributed by atoms with van der Waals surface area (Å²) < 4.78 is 0. The molecule has 0 aliphatic carbocycles. The molecule has 1 radical (unpaired) electrons. The molecule has 0 fully saturated rings. The van der Waals surface area contributed by atoms with Crippen LogP contribution in [0.2, 0.25) is 0 Å². The molecule has 0 aliphatic heterocycles. The van der Waals surface area contributed by atoms with Gasteiger partial charge in [-0.3, -0.25) is 0 Å². The molecule has 0 bridgehead atoms. The van der Waals surface area contributed by atoms with Crippen molar-refractivity contribution in [2.45, 2.75) is 0 Å². The maximum atomic E-state index is 8.63. The summed E-state index contributed by atoms with van der Waals surface area (Å²) in [6, 6.07) is 8.71. The van der Waals surface area contributed by atoms with E-state index >= 15 is 0 Å². The van der Waals surface area contributed by atoms with Crippen LogP contribution in [0.25, 0.3) is 0 Å². The van der Waals surface area contributed by atoms with Crippen LogP contribution in [0.15, 0.2) is 30.3 Å². The number of hydrogen-bond donors (Lipinski definition) is 1. The summed E-state index contributed by atoms with van der Waals surface area (Å²) in [4.78, 5) is 0. The van der Waals surface area contributed by atoms with Gasteiger partial charge in [0.1, 0.15) is 5.75 Å². The number of benzene rings is 1. The van der Waals surface area contributed by atoms with E-state index in [0.29, 0.717) is 5.75 Å². The predicted molar refractivity (Wildman–Crippen MR) is 28.1 cm³/mol. The van der Waals surface area contributed by atoms with Crippen molar-refractivity contribution >= 4 is 0 Å². The molecule has 0 saturated heterocycles. The Kier molecular flexibility index (Phi) is 27.5. The second kappa shape index (κ2) is 13.4. The van der Waals surface area contributed by atoms with Crippen LogP contribution in [0.3, 0.4) is 0 Å². The molecular weight excluding hydrogens is 286 g/mol. The number of rotatable bonds is 0. The van der Waals surface area contributed by atoms with E-state index in [4.69, 9.17) is 5.11 Å². The Morgan fingerprint density at radius 1 is 0.818 bits per heavy atom. The van der Waals surface area contributed by atoms with Crippen LogP contribution in [0.1, 0.15) is 0 Å². The van der Waals surface area contributed by atoms with Crippen molar-refractivity contribution in [3.05, 3.63) is 30.3 Å². The van der Waals surface area contributed by atoms with Crippen molar-refractivity contribution in [2.75, 3.05) is 0 Å². The van der Waals surface area contributed by atoms with E-state index in [9.17, 15) is 0 Å². The van der Waals surface area contributed by atoms with Crippen LogP contribution >= 0.6 is 0 Å². The molecule has 0 heterocycles. The number of aromatic hydroxyl groups is 1. The van der Waals surface area contributed by atoms with Gasteiger partial charge >= 0.3 is 26.2 Å². The third kappa shape index (κ3) is 10.8. The van der Waals surface area contributed by atoms with Gasteiger partial charge in [-0.05, 0) is 12.1 Å². The van der Waals surface area contributed by atoms with E-state index in [1.807, 2.05) is 6.07 Å². The molecule has 1 N–H and O–H groups in total. The van der Waals surface area contributed by atoms with Crippen molar-refractivity contribution in [1.82, 2.24) is 0 Å². The standard InChI is InChI=1S/C6H6O.3ClH.Zr/c7-6-4-2-1-3-5-6;;;;/h1-5,7H;3*1H;/q;;;;+3/p-3. The molecule has 0 atom stereocenters. The summed E-state index contributed by atoms with van der Waals surface area (Å²) in [5, 5.41) is 8.63. The molecule has 0 saturated carbocycles. The van der Waals surface area contributed by atoms with E-state index in [2.05, 4.69) is 0 Å². The van der Waals surface area contributed by atoms with E-state index < -0.39 is 0 Å². The molecule has 61 valence electrons. The molecular formula is C6H6Cl3OZr. The Bertz CT molecular complexity index is 148. The van der Waals surface area contributed by atoms with E-state index in [-0.39, 0.29) is 63.4 Å². The Morgan fingerprint density at radius 2 is 1.18 bits per heavy atom. The smallest absolute Gasteiger partial charge is 1.00 e. The van der Waals surface area contributed by atoms with Gasteiger partial charge in [0.05, 0.1) is 0 Å². The summed E-state index contributed by atoms with van der Waals surface area (Å²) in [5.74, 6) is 0.322. The maximum Gasteiger partial charge on any atom is 3.00 e. The van der Waals surface area contributed by atoms with Gasteiger partial charge in [0.25, 0.3) is 0 Å². The third-order valence-electron chi connectivity index (χ3n) is 0.756. The van der Waals surface area contributed by atoms with Gasteiger partial charge in [-0.2, -0.15) is 0 Å². The fourth-order valence-corrected chi connectivity index (χ4v) is 0.428. The molecule has 0 aromatic heterocycles. The van der Waals surface area contributed by atoms with Gasteiger partial charge in [0.15, 0.2) is 0 Å². The summed E-state index contributed by atoms with van der Waals surface area (Å²) in [7, 11) is 0. The fraction of sp³-hybridized carbons (Fsp3) is 0. The van der Waals surface area contributed by atoms with Crippen molar-refractivity contribution in [3.63, 3.8) is 0 Å². The average Bonchev–Trinajstić information content (AvgIpc) is 1.69. The monoisotopic (exact) mass is 289 g/mol. The van der Waals surface area contributed by atoms with Gasteiger partial charge < -0.3 is 42.3 Å². The second-order valence-electron chi connectivity index (χ2n) is 1.34. The molecule has 0 amide bonds. The molecule has 5 heteroatoms. The largest absolute Gasteiger partial charge is 3.00 e. The minimum atomic E-state index is 0. The maximum absolute atomic E-state index is 8.63. The zero-order valence-corrected chi connectivity index (χ0v) is 10.2. The Balaban J connectivity index is -0.0000000612. The Hall–Kier alpha value is 0.773. The second-order valence-corrected chi connectivity index (χ2v) is 1.34. The molecule has 11 heavy (non-hydrogen) atoms. The predicted octanol–water partition coefficient (Wildman–Crippen LogP) is -7.60. The number of halogens is 3. The van der Waals surface area contributed by atoms with Gasteiger partial charge in [0, 0.05) is 0 Å². The van der Waals surface area contributed by atoms with Crippen LogP contribution in [0.5, 0.6) is 5.75 Å². The van der Waals surface area contributed by atoms with Gasteiger partial charge in [-0.15, -0.1) is 0 Å².